The van der Waals surface area contributed by atoms with Gasteiger partial charge in [-0.25, -0.2) is 4.39 Å². The van der Waals surface area contributed by atoms with E-state index in [0.717, 1.165) is 11.1 Å². The lowest BCUT2D eigenvalue weighted by Crippen LogP contribution is -2.30. The number of anilines is 2. The topological polar surface area (TPSA) is 78.5 Å². The third-order valence-corrected chi connectivity index (χ3v) is 5.77. The number of amides is 3. The van der Waals surface area contributed by atoms with E-state index < -0.39 is 11.7 Å². The van der Waals surface area contributed by atoms with Crippen molar-refractivity contribution in [3.63, 3.8) is 0 Å². The fourth-order valence-corrected chi connectivity index (χ4v) is 3.89. The van der Waals surface area contributed by atoms with Crippen LogP contribution in [0.5, 0.6) is 0 Å². The molecule has 1 aliphatic rings. The normalized spacial score (nSPS) is 15.4. The number of para-hydroxylation sites is 2. The van der Waals surface area contributed by atoms with E-state index >= 15 is 0 Å². The maximum Gasteiger partial charge on any atom is 0.253 e. The third kappa shape index (κ3) is 4.92. The Kier molecular flexibility index (Phi) is 6.49. The van der Waals surface area contributed by atoms with E-state index in [2.05, 4.69) is 10.6 Å². The van der Waals surface area contributed by atoms with E-state index in [1.54, 1.807) is 36.4 Å². The van der Waals surface area contributed by atoms with Gasteiger partial charge in [-0.05, 0) is 42.3 Å². The summed E-state index contributed by atoms with van der Waals surface area (Å²) in [7, 11) is 0. The molecule has 3 aromatic carbocycles. The van der Waals surface area contributed by atoms with E-state index in [-0.39, 0.29) is 36.4 Å². The van der Waals surface area contributed by atoms with Gasteiger partial charge in [0, 0.05) is 19.5 Å². The SMILES string of the molecule is Cc1ccccc1CNC(=O)c1ccccc1NC(=O)[C@H]1CC(=O)N(c2ccccc2F)C1. The van der Waals surface area contributed by atoms with Crippen molar-refractivity contribution in [3.05, 3.63) is 95.3 Å². The summed E-state index contributed by atoms with van der Waals surface area (Å²) in [5.74, 6) is -2.18. The zero-order chi connectivity index (χ0) is 23.4. The number of hydrogen-bond donors (Lipinski definition) is 2. The van der Waals surface area contributed by atoms with Gasteiger partial charge in [0.2, 0.25) is 11.8 Å². The van der Waals surface area contributed by atoms with Crippen LogP contribution >= 0.6 is 0 Å². The molecule has 33 heavy (non-hydrogen) atoms. The molecule has 0 saturated carbocycles. The summed E-state index contributed by atoms with van der Waals surface area (Å²) in [6.07, 6.45) is -0.0260. The quantitative estimate of drug-likeness (QED) is 0.601. The number of rotatable bonds is 6. The standard InChI is InChI=1S/C26H24FN3O3/c1-17-8-2-3-9-18(17)15-28-26(33)20-10-4-6-12-22(20)29-25(32)19-14-24(31)30(16-19)23-13-7-5-11-21(23)27/h2-13,19H,14-16H2,1H3,(H,28,33)(H,29,32)/t19-/m0/s1. The molecule has 1 fully saturated rings. The van der Waals surface area contributed by atoms with Crippen LogP contribution in [-0.2, 0) is 16.1 Å². The Morgan fingerprint density at radius 3 is 2.48 bits per heavy atom. The summed E-state index contributed by atoms with van der Waals surface area (Å²) in [5.41, 5.74) is 2.93. The average Bonchev–Trinajstić information content (AvgIpc) is 3.20. The molecular weight excluding hydrogens is 421 g/mol. The summed E-state index contributed by atoms with van der Waals surface area (Å²) in [6, 6.07) is 20.5. The maximum absolute atomic E-state index is 14.1. The first-order valence-electron chi connectivity index (χ1n) is 10.7. The van der Waals surface area contributed by atoms with Crippen LogP contribution in [0, 0.1) is 18.7 Å². The van der Waals surface area contributed by atoms with Crippen molar-refractivity contribution >= 4 is 29.1 Å². The van der Waals surface area contributed by atoms with Crippen LogP contribution in [-0.4, -0.2) is 24.3 Å². The fourth-order valence-electron chi connectivity index (χ4n) is 3.89. The van der Waals surface area contributed by atoms with Crippen LogP contribution in [0.4, 0.5) is 15.8 Å². The highest BCUT2D eigenvalue weighted by atomic mass is 19.1. The Hall–Kier alpha value is -4.00. The van der Waals surface area contributed by atoms with Crippen molar-refractivity contribution in [3.8, 4) is 0 Å². The number of nitrogens with zero attached hydrogens (tertiary/aromatic N) is 1. The fraction of sp³-hybridized carbons (Fsp3) is 0.192. The summed E-state index contributed by atoms with van der Waals surface area (Å²) in [6.45, 7) is 2.42. The molecule has 6 nitrogen and oxygen atoms in total. The lowest BCUT2D eigenvalue weighted by molar-refractivity contribution is -0.122. The molecule has 0 bridgehead atoms. The van der Waals surface area contributed by atoms with E-state index in [1.165, 1.54) is 17.0 Å². The third-order valence-electron chi connectivity index (χ3n) is 5.77. The minimum atomic E-state index is -0.653. The van der Waals surface area contributed by atoms with Gasteiger partial charge >= 0.3 is 0 Å². The number of hydrogen-bond acceptors (Lipinski definition) is 3. The molecular formula is C26H24FN3O3. The van der Waals surface area contributed by atoms with Crippen LogP contribution in [0.15, 0.2) is 72.8 Å². The van der Waals surface area contributed by atoms with Crippen LogP contribution in [0.1, 0.15) is 27.9 Å². The van der Waals surface area contributed by atoms with Crippen LogP contribution in [0.2, 0.25) is 0 Å². The largest absolute Gasteiger partial charge is 0.348 e. The van der Waals surface area contributed by atoms with Gasteiger partial charge in [0.15, 0.2) is 0 Å². The van der Waals surface area contributed by atoms with Gasteiger partial charge < -0.3 is 15.5 Å². The Labute approximate surface area is 191 Å². The van der Waals surface area contributed by atoms with Gasteiger partial charge in [-0.15, -0.1) is 0 Å². The maximum atomic E-state index is 14.1. The first-order valence-corrected chi connectivity index (χ1v) is 10.7. The molecule has 0 spiro atoms. The minimum absolute atomic E-state index is 0.0260. The average molecular weight is 445 g/mol. The molecule has 2 N–H and O–H groups in total. The zero-order valence-corrected chi connectivity index (χ0v) is 18.2. The highest BCUT2D eigenvalue weighted by molar-refractivity contribution is 6.07. The molecule has 1 atom stereocenters. The second-order valence-corrected chi connectivity index (χ2v) is 8.00. The number of carbonyl (C=O) groups excluding carboxylic acids is 3. The van der Waals surface area contributed by atoms with E-state index in [9.17, 15) is 18.8 Å². The van der Waals surface area contributed by atoms with E-state index in [1.807, 2.05) is 31.2 Å². The number of nitrogens with one attached hydrogen (secondary N) is 2. The van der Waals surface area contributed by atoms with Crippen molar-refractivity contribution in [2.45, 2.75) is 19.9 Å². The van der Waals surface area contributed by atoms with Gasteiger partial charge in [-0.1, -0.05) is 48.5 Å². The van der Waals surface area contributed by atoms with Gasteiger partial charge in [0.05, 0.1) is 22.9 Å². The molecule has 0 aliphatic carbocycles. The zero-order valence-electron chi connectivity index (χ0n) is 18.2. The molecule has 168 valence electrons. The monoisotopic (exact) mass is 445 g/mol. The van der Waals surface area contributed by atoms with E-state index in [0.29, 0.717) is 17.8 Å². The van der Waals surface area contributed by atoms with Crippen molar-refractivity contribution in [2.24, 2.45) is 5.92 Å². The van der Waals surface area contributed by atoms with E-state index in [4.69, 9.17) is 0 Å². The van der Waals surface area contributed by atoms with Gasteiger partial charge in [-0.2, -0.15) is 0 Å². The van der Waals surface area contributed by atoms with Crippen LogP contribution in [0.3, 0.4) is 0 Å². The molecule has 0 unspecified atom stereocenters. The molecule has 7 heteroatoms. The molecule has 4 rings (SSSR count). The second-order valence-electron chi connectivity index (χ2n) is 8.00. The molecule has 1 heterocycles. The van der Waals surface area contributed by atoms with Crippen molar-refractivity contribution in [1.82, 2.24) is 5.32 Å². The first-order chi connectivity index (χ1) is 15.9. The predicted octanol–water partition coefficient (Wildman–Crippen LogP) is 4.06. The smallest absolute Gasteiger partial charge is 0.253 e. The lowest BCUT2D eigenvalue weighted by atomic mass is 10.1. The molecule has 1 saturated heterocycles. The second kappa shape index (κ2) is 9.65. The van der Waals surface area contributed by atoms with Gasteiger partial charge in [0.1, 0.15) is 5.82 Å². The highest BCUT2D eigenvalue weighted by Crippen LogP contribution is 2.28. The molecule has 0 radical (unpaired) electrons. The van der Waals surface area contributed by atoms with Crippen molar-refractivity contribution < 1.29 is 18.8 Å². The summed E-state index contributed by atoms with van der Waals surface area (Å²) >= 11 is 0. The minimum Gasteiger partial charge on any atom is -0.348 e. The summed E-state index contributed by atoms with van der Waals surface area (Å²) in [4.78, 5) is 39.4. The Morgan fingerprint density at radius 2 is 1.70 bits per heavy atom. The lowest BCUT2D eigenvalue weighted by Gasteiger charge is -2.18. The summed E-state index contributed by atoms with van der Waals surface area (Å²) < 4.78 is 14.1. The number of benzene rings is 3. The van der Waals surface area contributed by atoms with Crippen LogP contribution < -0.4 is 15.5 Å². The molecule has 0 aromatic heterocycles. The summed E-state index contributed by atoms with van der Waals surface area (Å²) in [5, 5.41) is 5.66. The highest BCUT2D eigenvalue weighted by Gasteiger charge is 2.36. The number of halogens is 1. The predicted molar refractivity (Wildman–Crippen MR) is 124 cm³/mol. The Bertz CT molecular complexity index is 1210. The Balaban J connectivity index is 1.44. The van der Waals surface area contributed by atoms with Gasteiger partial charge in [0.25, 0.3) is 5.91 Å². The van der Waals surface area contributed by atoms with Gasteiger partial charge in [-0.3, -0.25) is 14.4 Å². The number of aryl methyl sites for hydroxylation is 1. The molecule has 3 aromatic rings. The van der Waals surface area contributed by atoms with Crippen LogP contribution in [0.25, 0.3) is 0 Å². The Morgan fingerprint density at radius 1 is 1.00 bits per heavy atom. The molecule has 1 aliphatic heterocycles. The molecule has 3 amide bonds. The first kappa shape index (κ1) is 22.2. The van der Waals surface area contributed by atoms with Crippen molar-refractivity contribution in [1.29, 1.82) is 0 Å². The number of carbonyl (C=O) groups is 3. The van der Waals surface area contributed by atoms with Crippen molar-refractivity contribution in [2.75, 3.05) is 16.8 Å².